The number of para-hydroxylation sites is 1. The minimum absolute atomic E-state index is 0.885. The van der Waals surface area contributed by atoms with Crippen LogP contribution in [0.2, 0.25) is 0 Å². The average molecular weight is 297 g/mol. The fraction of sp³-hybridized carbons (Fsp3) is 0.0500. The van der Waals surface area contributed by atoms with E-state index in [-0.39, 0.29) is 0 Å². The summed E-state index contributed by atoms with van der Waals surface area (Å²) in [6, 6.07) is 16.8. The SMILES string of the molecule is Cc1cc(-c2cnccn2)cc(-c2ccnc3ccccc23)c1. The predicted octanol–water partition coefficient (Wildman–Crippen LogP) is 4.67. The zero-order chi connectivity index (χ0) is 15.6. The van der Waals surface area contributed by atoms with Gasteiger partial charge in [0, 0.05) is 29.5 Å². The van der Waals surface area contributed by atoms with Crippen LogP contribution in [-0.4, -0.2) is 15.0 Å². The predicted molar refractivity (Wildman–Crippen MR) is 92.9 cm³/mol. The average Bonchev–Trinajstić information content (AvgIpc) is 2.61. The number of aryl methyl sites for hydroxylation is 1. The molecule has 0 atom stereocenters. The standard InChI is InChI=1S/C20H15N3/c1-14-10-15(12-16(11-14)20-13-21-8-9-23-20)17-6-7-22-19-5-3-2-4-18(17)19/h2-13H,1H3. The van der Waals surface area contributed by atoms with Crippen molar-refractivity contribution in [2.75, 3.05) is 0 Å². The van der Waals surface area contributed by atoms with Crippen LogP contribution in [-0.2, 0) is 0 Å². The van der Waals surface area contributed by atoms with Crippen LogP contribution in [0.25, 0.3) is 33.3 Å². The third kappa shape index (κ3) is 2.57. The summed E-state index contributed by atoms with van der Waals surface area (Å²) >= 11 is 0. The summed E-state index contributed by atoms with van der Waals surface area (Å²) in [5.41, 5.74) is 6.52. The number of benzene rings is 2. The molecular weight excluding hydrogens is 282 g/mol. The Balaban J connectivity index is 1.94. The van der Waals surface area contributed by atoms with Crippen molar-refractivity contribution >= 4 is 10.9 Å². The summed E-state index contributed by atoms with van der Waals surface area (Å²) in [4.78, 5) is 13.0. The Kier molecular flexibility index (Phi) is 3.31. The summed E-state index contributed by atoms with van der Waals surface area (Å²) in [5.74, 6) is 0. The van der Waals surface area contributed by atoms with E-state index in [1.807, 2.05) is 24.4 Å². The van der Waals surface area contributed by atoms with Crippen LogP contribution in [0.15, 0.2) is 73.3 Å². The van der Waals surface area contributed by atoms with Gasteiger partial charge in [-0.1, -0.05) is 24.3 Å². The van der Waals surface area contributed by atoms with Gasteiger partial charge in [-0.2, -0.15) is 0 Å². The third-order valence-corrected chi connectivity index (χ3v) is 3.90. The summed E-state index contributed by atoms with van der Waals surface area (Å²) in [7, 11) is 0. The first-order chi connectivity index (χ1) is 11.3. The van der Waals surface area contributed by atoms with Gasteiger partial charge in [0.25, 0.3) is 0 Å². The van der Waals surface area contributed by atoms with Crippen LogP contribution in [0, 0.1) is 6.92 Å². The van der Waals surface area contributed by atoms with E-state index in [1.165, 1.54) is 16.7 Å². The molecular formula is C20H15N3. The number of pyridine rings is 1. The van der Waals surface area contributed by atoms with Gasteiger partial charge in [-0.15, -0.1) is 0 Å². The molecule has 0 fully saturated rings. The first-order valence-corrected chi connectivity index (χ1v) is 7.53. The highest BCUT2D eigenvalue weighted by molar-refractivity contribution is 5.95. The smallest absolute Gasteiger partial charge is 0.0885 e. The molecule has 0 N–H and O–H groups in total. The second kappa shape index (κ2) is 5.61. The molecule has 0 aliphatic carbocycles. The van der Waals surface area contributed by atoms with Crippen LogP contribution in [0.3, 0.4) is 0 Å². The molecule has 2 heterocycles. The Hall–Kier alpha value is -3.07. The summed E-state index contributed by atoms with van der Waals surface area (Å²) < 4.78 is 0. The van der Waals surface area contributed by atoms with E-state index >= 15 is 0 Å². The van der Waals surface area contributed by atoms with Crippen molar-refractivity contribution in [1.29, 1.82) is 0 Å². The van der Waals surface area contributed by atoms with Crippen molar-refractivity contribution in [2.24, 2.45) is 0 Å². The molecule has 2 aromatic carbocycles. The number of hydrogen-bond acceptors (Lipinski definition) is 3. The number of hydrogen-bond donors (Lipinski definition) is 0. The largest absolute Gasteiger partial charge is 0.261 e. The number of aromatic nitrogens is 3. The molecule has 0 amide bonds. The zero-order valence-electron chi connectivity index (χ0n) is 12.8. The van der Waals surface area contributed by atoms with E-state index in [4.69, 9.17) is 0 Å². The monoisotopic (exact) mass is 297 g/mol. The molecule has 0 radical (unpaired) electrons. The molecule has 0 saturated heterocycles. The van der Waals surface area contributed by atoms with Gasteiger partial charge < -0.3 is 0 Å². The van der Waals surface area contributed by atoms with E-state index < -0.39 is 0 Å². The highest BCUT2D eigenvalue weighted by atomic mass is 14.8. The topological polar surface area (TPSA) is 38.7 Å². The minimum Gasteiger partial charge on any atom is -0.261 e. The molecule has 2 aromatic heterocycles. The normalized spacial score (nSPS) is 10.8. The first kappa shape index (κ1) is 13.6. The Bertz CT molecular complexity index is 973. The molecule has 0 spiro atoms. The maximum Gasteiger partial charge on any atom is 0.0885 e. The molecule has 3 nitrogen and oxygen atoms in total. The lowest BCUT2D eigenvalue weighted by atomic mass is 9.96. The van der Waals surface area contributed by atoms with Crippen LogP contribution < -0.4 is 0 Å². The molecule has 0 bridgehead atoms. The third-order valence-electron chi connectivity index (χ3n) is 3.90. The molecule has 0 aliphatic rings. The number of fused-ring (bicyclic) bond motifs is 1. The lowest BCUT2D eigenvalue weighted by Crippen LogP contribution is -1.89. The van der Waals surface area contributed by atoms with Crippen molar-refractivity contribution in [3.05, 3.63) is 78.9 Å². The zero-order valence-corrected chi connectivity index (χ0v) is 12.8. The van der Waals surface area contributed by atoms with E-state index in [0.717, 1.165) is 22.2 Å². The summed E-state index contributed by atoms with van der Waals surface area (Å²) in [5, 5.41) is 1.16. The summed E-state index contributed by atoms with van der Waals surface area (Å²) in [6.45, 7) is 2.10. The Morgan fingerprint density at radius 1 is 0.783 bits per heavy atom. The van der Waals surface area contributed by atoms with Crippen molar-refractivity contribution < 1.29 is 0 Å². The quantitative estimate of drug-likeness (QED) is 0.540. The van der Waals surface area contributed by atoms with Gasteiger partial charge in [-0.3, -0.25) is 15.0 Å². The van der Waals surface area contributed by atoms with E-state index in [9.17, 15) is 0 Å². The Labute approximate surface area is 134 Å². The van der Waals surface area contributed by atoms with Gasteiger partial charge in [0.2, 0.25) is 0 Å². The van der Waals surface area contributed by atoms with Crippen molar-refractivity contribution in [3.63, 3.8) is 0 Å². The van der Waals surface area contributed by atoms with E-state index in [0.29, 0.717) is 0 Å². The summed E-state index contributed by atoms with van der Waals surface area (Å²) in [6.07, 6.45) is 7.07. The van der Waals surface area contributed by atoms with Gasteiger partial charge in [0.1, 0.15) is 0 Å². The van der Waals surface area contributed by atoms with Gasteiger partial charge in [-0.05, 0) is 47.9 Å². The van der Waals surface area contributed by atoms with Crippen molar-refractivity contribution in [1.82, 2.24) is 15.0 Å². The molecule has 4 aromatic rings. The van der Waals surface area contributed by atoms with Crippen LogP contribution in [0.1, 0.15) is 5.56 Å². The van der Waals surface area contributed by atoms with Crippen molar-refractivity contribution in [3.8, 4) is 22.4 Å². The fourth-order valence-corrected chi connectivity index (χ4v) is 2.88. The van der Waals surface area contributed by atoms with Gasteiger partial charge >= 0.3 is 0 Å². The molecule has 0 aliphatic heterocycles. The molecule has 23 heavy (non-hydrogen) atoms. The lowest BCUT2D eigenvalue weighted by Gasteiger charge is -2.10. The molecule has 110 valence electrons. The highest BCUT2D eigenvalue weighted by Crippen LogP contribution is 2.31. The second-order valence-corrected chi connectivity index (χ2v) is 5.55. The van der Waals surface area contributed by atoms with Gasteiger partial charge in [0.15, 0.2) is 0 Å². The van der Waals surface area contributed by atoms with E-state index in [2.05, 4.69) is 52.2 Å². The van der Waals surface area contributed by atoms with Crippen molar-refractivity contribution in [2.45, 2.75) is 6.92 Å². The first-order valence-electron chi connectivity index (χ1n) is 7.53. The van der Waals surface area contributed by atoms with Gasteiger partial charge in [0.05, 0.1) is 17.4 Å². The number of rotatable bonds is 2. The minimum atomic E-state index is 0.885. The van der Waals surface area contributed by atoms with E-state index in [1.54, 1.807) is 18.6 Å². The fourth-order valence-electron chi connectivity index (χ4n) is 2.88. The molecule has 0 unspecified atom stereocenters. The van der Waals surface area contributed by atoms with Crippen LogP contribution in [0.4, 0.5) is 0 Å². The Morgan fingerprint density at radius 2 is 1.65 bits per heavy atom. The lowest BCUT2D eigenvalue weighted by molar-refractivity contribution is 1.20. The Morgan fingerprint density at radius 3 is 2.52 bits per heavy atom. The second-order valence-electron chi connectivity index (χ2n) is 5.55. The van der Waals surface area contributed by atoms with Crippen LogP contribution in [0.5, 0.6) is 0 Å². The number of nitrogens with zero attached hydrogens (tertiary/aromatic N) is 3. The van der Waals surface area contributed by atoms with Crippen LogP contribution >= 0.6 is 0 Å². The molecule has 3 heteroatoms. The highest BCUT2D eigenvalue weighted by Gasteiger charge is 2.08. The maximum atomic E-state index is 4.45. The molecule has 0 saturated carbocycles. The van der Waals surface area contributed by atoms with Gasteiger partial charge in [-0.25, -0.2) is 0 Å². The maximum absolute atomic E-state index is 4.45. The molecule has 4 rings (SSSR count).